The van der Waals surface area contributed by atoms with Crippen molar-refractivity contribution < 1.29 is 33.4 Å². The van der Waals surface area contributed by atoms with Crippen LogP contribution in [-0.4, -0.2) is 47.5 Å². The molecular formula is C31H32N4O7. The lowest BCUT2D eigenvalue weighted by molar-refractivity contribution is -0.159. The lowest BCUT2D eigenvalue weighted by Crippen LogP contribution is -2.62. The molecule has 2 unspecified atom stereocenters. The molecule has 1 aliphatic rings. The highest BCUT2D eigenvalue weighted by Gasteiger charge is 2.44. The van der Waals surface area contributed by atoms with E-state index < -0.39 is 36.1 Å². The molecule has 3 aromatic rings. The standard InChI is InChI=1S/C31H32N4O7/c32-29(34-30(38)41-20-23-13-6-2-7-14-23)35(31(39)42-21-24-15-8-3-9-16-24)18-10-17-25-26(33-27(25)36)28(37)40-19-22-11-4-1-5-12-22/h1-9,11-16,25-26H,10,17-21H2,(H,33,36)(H2,32,34,38). The van der Waals surface area contributed by atoms with Crippen molar-refractivity contribution >= 4 is 30.0 Å². The van der Waals surface area contributed by atoms with E-state index in [4.69, 9.17) is 19.9 Å². The molecule has 3 N–H and O–H groups in total. The van der Waals surface area contributed by atoms with E-state index in [1.165, 1.54) is 0 Å². The van der Waals surface area contributed by atoms with Crippen LogP contribution in [0, 0.1) is 5.92 Å². The summed E-state index contributed by atoms with van der Waals surface area (Å²) in [6.45, 7) is 0.0212. The van der Waals surface area contributed by atoms with Crippen LogP contribution >= 0.6 is 0 Å². The number of hydrogen-bond acceptors (Lipinski definition) is 7. The van der Waals surface area contributed by atoms with Crippen LogP contribution in [0.1, 0.15) is 29.5 Å². The van der Waals surface area contributed by atoms with Gasteiger partial charge in [0.05, 0.1) is 5.92 Å². The molecule has 11 heteroatoms. The minimum atomic E-state index is -0.975. The molecule has 0 aliphatic carbocycles. The van der Waals surface area contributed by atoms with E-state index >= 15 is 0 Å². The van der Waals surface area contributed by atoms with Gasteiger partial charge in [-0.1, -0.05) is 91.0 Å². The summed E-state index contributed by atoms with van der Waals surface area (Å²) < 4.78 is 15.9. The van der Waals surface area contributed by atoms with Crippen molar-refractivity contribution in [3.63, 3.8) is 0 Å². The van der Waals surface area contributed by atoms with Crippen molar-refractivity contribution in [2.24, 2.45) is 16.6 Å². The minimum Gasteiger partial charge on any atom is -0.459 e. The quantitative estimate of drug-likeness (QED) is 0.115. The number of nitrogens with two attached hydrogens (primary N) is 1. The van der Waals surface area contributed by atoms with Crippen molar-refractivity contribution in [2.45, 2.75) is 38.7 Å². The summed E-state index contributed by atoms with van der Waals surface area (Å²) in [6, 6.07) is 26.5. The molecule has 1 heterocycles. The summed E-state index contributed by atoms with van der Waals surface area (Å²) in [5.41, 5.74) is 8.38. The Hall–Kier alpha value is -5.19. The second kappa shape index (κ2) is 15.0. The Labute approximate surface area is 243 Å². The lowest BCUT2D eigenvalue weighted by Gasteiger charge is -2.35. The molecule has 11 nitrogen and oxygen atoms in total. The number of benzene rings is 3. The number of amides is 3. The van der Waals surface area contributed by atoms with Gasteiger partial charge < -0.3 is 25.3 Å². The maximum atomic E-state index is 13.0. The van der Waals surface area contributed by atoms with E-state index in [1.54, 1.807) is 36.4 Å². The van der Waals surface area contributed by atoms with Gasteiger partial charge in [0, 0.05) is 6.54 Å². The molecule has 0 radical (unpaired) electrons. The van der Waals surface area contributed by atoms with Crippen LogP contribution in [0.15, 0.2) is 96.0 Å². The van der Waals surface area contributed by atoms with Crippen molar-refractivity contribution in [1.82, 2.24) is 10.2 Å². The minimum absolute atomic E-state index is 0.0204. The molecule has 3 aromatic carbocycles. The van der Waals surface area contributed by atoms with Crippen LogP contribution < -0.4 is 11.1 Å². The summed E-state index contributed by atoms with van der Waals surface area (Å²) in [6.07, 6.45) is -1.29. The average molecular weight is 573 g/mol. The smallest absolute Gasteiger partial charge is 0.437 e. The monoisotopic (exact) mass is 572 g/mol. The number of aliphatic imine (C=N–C) groups is 1. The van der Waals surface area contributed by atoms with Gasteiger partial charge in [0.2, 0.25) is 11.9 Å². The molecular weight excluding hydrogens is 540 g/mol. The second-order valence-electron chi connectivity index (χ2n) is 9.53. The fraction of sp³-hybridized carbons (Fsp3) is 0.258. The number of guanidine groups is 1. The third-order valence-corrected chi connectivity index (χ3v) is 6.52. The van der Waals surface area contributed by atoms with Crippen molar-refractivity contribution in [3.8, 4) is 0 Å². The first kappa shape index (κ1) is 29.8. The molecule has 1 saturated heterocycles. The summed E-state index contributed by atoms with van der Waals surface area (Å²) in [7, 11) is 0. The molecule has 0 bridgehead atoms. The zero-order valence-corrected chi connectivity index (χ0v) is 22.9. The Balaban J connectivity index is 1.34. The number of ether oxygens (including phenoxy) is 3. The zero-order valence-electron chi connectivity index (χ0n) is 22.9. The van der Waals surface area contributed by atoms with Crippen LogP contribution in [0.5, 0.6) is 0 Å². The van der Waals surface area contributed by atoms with Gasteiger partial charge in [0.1, 0.15) is 25.9 Å². The third-order valence-electron chi connectivity index (χ3n) is 6.52. The van der Waals surface area contributed by atoms with E-state index in [-0.39, 0.29) is 45.1 Å². The summed E-state index contributed by atoms with van der Waals surface area (Å²) >= 11 is 0. The number of nitrogens with zero attached hydrogens (tertiary/aromatic N) is 2. The number of esters is 1. The van der Waals surface area contributed by atoms with Crippen LogP contribution in [0.2, 0.25) is 0 Å². The molecule has 2 atom stereocenters. The third kappa shape index (κ3) is 8.65. The fourth-order valence-corrected chi connectivity index (χ4v) is 4.23. The van der Waals surface area contributed by atoms with Crippen LogP contribution in [-0.2, 0) is 43.6 Å². The Kier molecular flexibility index (Phi) is 10.6. The Bertz CT molecular complexity index is 1380. The molecule has 3 amide bonds. The Morgan fingerprint density at radius 2 is 1.26 bits per heavy atom. The molecule has 0 spiro atoms. The lowest BCUT2D eigenvalue weighted by atomic mass is 9.86. The van der Waals surface area contributed by atoms with Crippen LogP contribution in [0.25, 0.3) is 0 Å². The zero-order chi connectivity index (χ0) is 29.7. The molecule has 218 valence electrons. The van der Waals surface area contributed by atoms with Gasteiger partial charge in [-0.15, -0.1) is 4.99 Å². The first-order valence-electron chi connectivity index (χ1n) is 13.4. The number of carbonyl (C=O) groups is 4. The van der Waals surface area contributed by atoms with E-state index in [0.29, 0.717) is 0 Å². The highest BCUT2D eigenvalue weighted by atomic mass is 16.6. The number of nitrogens with one attached hydrogen (secondary N) is 1. The van der Waals surface area contributed by atoms with Gasteiger partial charge in [0.15, 0.2) is 0 Å². The summed E-state index contributed by atoms with van der Waals surface area (Å²) in [5.74, 6) is -1.88. The average Bonchev–Trinajstić information content (AvgIpc) is 3.01. The van der Waals surface area contributed by atoms with E-state index in [0.717, 1.165) is 21.6 Å². The summed E-state index contributed by atoms with van der Waals surface area (Å²) in [5, 5.41) is 2.58. The van der Waals surface area contributed by atoms with Crippen molar-refractivity contribution in [3.05, 3.63) is 108 Å². The Morgan fingerprint density at radius 3 is 1.79 bits per heavy atom. The fourth-order valence-electron chi connectivity index (χ4n) is 4.23. The van der Waals surface area contributed by atoms with Gasteiger partial charge >= 0.3 is 18.2 Å². The topological polar surface area (TPSA) is 150 Å². The normalized spacial score (nSPS) is 16.0. The number of hydrogen-bond donors (Lipinski definition) is 2. The first-order chi connectivity index (χ1) is 20.4. The van der Waals surface area contributed by atoms with Gasteiger partial charge in [0.25, 0.3) is 0 Å². The largest absolute Gasteiger partial charge is 0.459 e. The van der Waals surface area contributed by atoms with Gasteiger partial charge in [-0.3, -0.25) is 4.79 Å². The molecule has 1 fully saturated rings. The highest BCUT2D eigenvalue weighted by Crippen LogP contribution is 2.23. The predicted molar refractivity (Wildman–Crippen MR) is 152 cm³/mol. The van der Waals surface area contributed by atoms with Crippen LogP contribution in [0.3, 0.4) is 0 Å². The SMILES string of the molecule is N/C(=N\C(=O)OCc1ccccc1)N(CCCC1C(=O)NC1C(=O)OCc1ccccc1)C(=O)OCc1ccccc1. The number of rotatable bonds is 11. The van der Waals surface area contributed by atoms with E-state index in [1.807, 2.05) is 54.6 Å². The molecule has 4 rings (SSSR count). The van der Waals surface area contributed by atoms with Crippen molar-refractivity contribution in [1.29, 1.82) is 0 Å². The highest BCUT2D eigenvalue weighted by molar-refractivity contribution is 5.98. The first-order valence-corrected chi connectivity index (χ1v) is 13.4. The Morgan fingerprint density at radius 1 is 0.762 bits per heavy atom. The van der Waals surface area contributed by atoms with E-state index in [9.17, 15) is 19.2 Å². The maximum absolute atomic E-state index is 13.0. The molecule has 0 aromatic heterocycles. The maximum Gasteiger partial charge on any atom is 0.437 e. The summed E-state index contributed by atoms with van der Waals surface area (Å²) in [4.78, 5) is 54.8. The second-order valence-corrected chi connectivity index (χ2v) is 9.53. The number of carbonyl (C=O) groups excluding carboxylic acids is 4. The van der Waals surface area contributed by atoms with Crippen molar-refractivity contribution in [2.75, 3.05) is 6.54 Å². The molecule has 1 aliphatic heterocycles. The molecule has 0 saturated carbocycles. The number of β-lactam (4-membered cyclic amide) rings is 1. The van der Waals surface area contributed by atoms with Gasteiger partial charge in [-0.2, -0.15) is 0 Å². The van der Waals surface area contributed by atoms with E-state index in [2.05, 4.69) is 10.3 Å². The van der Waals surface area contributed by atoms with Gasteiger partial charge in [-0.05, 0) is 29.5 Å². The van der Waals surface area contributed by atoms with Crippen LogP contribution in [0.4, 0.5) is 9.59 Å². The van der Waals surface area contributed by atoms with Gasteiger partial charge in [-0.25, -0.2) is 19.3 Å². The predicted octanol–water partition coefficient (Wildman–Crippen LogP) is 3.91. The molecule has 42 heavy (non-hydrogen) atoms.